The van der Waals surface area contributed by atoms with Crippen LogP contribution in [0.4, 0.5) is 10.5 Å². The Morgan fingerprint density at radius 3 is 2.62 bits per heavy atom. The van der Waals surface area contributed by atoms with Gasteiger partial charge >= 0.3 is 12.0 Å². The smallest absolute Gasteiger partial charge is 0.326 e. The van der Waals surface area contributed by atoms with E-state index in [1.54, 1.807) is 0 Å². The number of hydrogen-bond donors (Lipinski definition) is 2. The largest absolute Gasteiger partial charge is 0.480 e. The molecule has 7 nitrogen and oxygen atoms in total. The maximum Gasteiger partial charge on any atom is 0.326 e. The summed E-state index contributed by atoms with van der Waals surface area (Å²) >= 11 is 0. The summed E-state index contributed by atoms with van der Waals surface area (Å²) in [5.41, 5.74) is 0.734. The highest BCUT2D eigenvalue weighted by Gasteiger charge is 2.33. The van der Waals surface area contributed by atoms with E-state index in [0.717, 1.165) is 0 Å². The molecule has 1 aliphatic heterocycles. The molecule has 2 amide bonds. The van der Waals surface area contributed by atoms with Crippen LogP contribution in [-0.4, -0.2) is 34.6 Å². The molecular weight excluding hydrogens is 272 g/mol. The third kappa shape index (κ3) is 2.93. The first-order valence-corrected chi connectivity index (χ1v) is 6.31. The predicted octanol–water partition coefficient (Wildman–Crippen LogP) is 1.51. The average Bonchev–Trinajstić information content (AvgIpc) is 2.96. The van der Waals surface area contributed by atoms with Gasteiger partial charge in [0.05, 0.1) is 11.1 Å². The van der Waals surface area contributed by atoms with Gasteiger partial charge in [0.25, 0.3) is 0 Å². The van der Waals surface area contributed by atoms with E-state index in [1.807, 2.05) is 12.1 Å². The molecule has 1 atom stereocenters. The summed E-state index contributed by atoms with van der Waals surface area (Å²) in [5, 5.41) is 29.4. The van der Waals surface area contributed by atoms with Gasteiger partial charge in [-0.25, -0.2) is 9.59 Å². The summed E-state index contributed by atoms with van der Waals surface area (Å²) in [7, 11) is 0. The normalized spacial score (nSPS) is 16.9. The Morgan fingerprint density at radius 2 is 2.00 bits per heavy atom. The second kappa shape index (κ2) is 5.93. The highest BCUT2D eigenvalue weighted by molar-refractivity contribution is 5.93. The molecule has 0 saturated carbocycles. The second-order valence-electron chi connectivity index (χ2n) is 4.60. The number of hydrogen-bond acceptors (Lipinski definition) is 4. The molecule has 7 heteroatoms. The van der Waals surface area contributed by atoms with Crippen LogP contribution in [0.2, 0.25) is 0 Å². The minimum Gasteiger partial charge on any atom is -0.480 e. The first-order chi connectivity index (χ1) is 10.1. The van der Waals surface area contributed by atoms with Crippen molar-refractivity contribution in [2.45, 2.75) is 18.9 Å². The molecule has 1 fully saturated rings. The standard InChI is InChI=1S/C14H12N4O3/c15-7-9-3-4-11(6-10(9)8-16)17-14(21)18-5-1-2-12(18)13(19)20/h3-4,6,12H,1-2,5H2,(H,17,21)(H,19,20)/t12-/m0/s1. The number of carboxylic acid groups (broad SMARTS) is 1. The van der Waals surface area contributed by atoms with E-state index in [9.17, 15) is 9.59 Å². The van der Waals surface area contributed by atoms with Crippen molar-refractivity contribution in [1.29, 1.82) is 10.5 Å². The predicted molar refractivity (Wildman–Crippen MR) is 72.3 cm³/mol. The number of urea groups is 1. The molecule has 0 aliphatic carbocycles. The minimum absolute atomic E-state index is 0.159. The van der Waals surface area contributed by atoms with Gasteiger partial charge in [0, 0.05) is 12.2 Å². The van der Waals surface area contributed by atoms with Crippen molar-refractivity contribution in [3.8, 4) is 12.1 Å². The van der Waals surface area contributed by atoms with E-state index in [-0.39, 0.29) is 11.1 Å². The van der Waals surface area contributed by atoms with Crippen LogP contribution in [0.1, 0.15) is 24.0 Å². The highest BCUT2D eigenvalue weighted by atomic mass is 16.4. The van der Waals surface area contributed by atoms with E-state index in [0.29, 0.717) is 25.1 Å². The fourth-order valence-corrected chi connectivity index (χ4v) is 2.27. The molecule has 0 radical (unpaired) electrons. The second-order valence-corrected chi connectivity index (χ2v) is 4.60. The molecule has 1 aromatic rings. The van der Waals surface area contributed by atoms with E-state index in [1.165, 1.54) is 23.1 Å². The number of nitrogens with zero attached hydrogens (tertiary/aromatic N) is 3. The lowest BCUT2D eigenvalue weighted by atomic mass is 10.1. The van der Waals surface area contributed by atoms with Gasteiger partial charge in [0.15, 0.2) is 0 Å². The number of likely N-dealkylation sites (tertiary alicyclic amines) is 1. The molecule has 106 valence electrons. The summed E-state index contributed by atoms with van der Waals surface area (Å²) in [6.45, 7) is 0.379. The van der Waals surface area contributed by atoms with Crippen LogP contribution in [0.5, 0.6) is 0 Å². The average molecular weight is 284 g/mol. The Balaban J connectivity index is 2.15. The van der Waals surface area contributed by atoms with Gasteiger partial charge in [-0.15, -0.1) is 0 Å². The Labute approximate surface area is 121 Å². The van der Waals surface area contributed by atoms with Crippen molar-refractivity contribution in [2.75, 3.05) is 11.9 Å². The molecule has 1 heterocycles. The summed E-state index contributed by atoms with van der Waals surface area (Å²) < 4.78 is 0. The maximum atomic E-state index is 12.1. The molecule has 1 saturated heterocycles. The van der Waals surface area contributed by atoms with Gasteiger partial charge in [-0.2, -0.15) is 10.5 Å². The van der Waals surface area contributed by atoms with Crippen LogP contribution in [0, 0.1) is 22.7 Å². The topological polar surface area (TPSA) is 117 Å². The fourth-order valence-electron chi connectivity index (χ4n) is 2.27. The van der Waals surface area contributed by atoms with Crippen molar-refractivity contribution in [1.82, 2.24) is 4.90 Å². The van der Waals surface area contributed by atoms with Crippen LogP contribution in [0.25, 0.3) is 0 Å². The molecule has 0 bridgehead atoms. The number of aliphatic carboxylic acids is 1. The van der Waals surface area contributed by atoms with Crippen molar-refractivity contribution in [3.63, 3.8) is 0 Å². The van der Waals surface area contributed by atoms with Gasteiger partial charge in [-0.1, -0.05) is 0 Å². The lowest BCUT2D eigenvalue weighted by molar-refractivity contribution is -0.141. The molecular formula is C14H12N4O3. The quantitative estimate of drug-likeness (QED) is 0.853. The number of benzene rings is 1. The van der Waals surface area contributed by atoms with Crippen molar-refractivity contribution in [2.24, 2.45) is 0 Å². The van der Waals surface area contributed by atoms with Gasteiger partial charge < -0.3 is 15.3 Å². The van der Waals surface area contributed by atoms with Crippen molar-refractivity contribution in [3.05, 3.63) is 29.3 Å². The van der Waals surface area contributed by atoms with Gasteiger partial charge in [-0.05, 0) is 31.0 Å². The van der Waals surface area contributed by atoms with E-state index in [2.05, 4.69) is 5.32 Å². The molecule has 1 aliphatic rings. The zero-order valence-corrected chi connectivity index (χ0v) is 11.0. The Hall–Kier alpha value is -3.06. The van der Waals surface area contributed by atoms with Crippen LogP contribution in [-0.2, 0) is 4.79 Å². The number of carbonyl (C=O) groups excluding carboxylic acids is 1. The SMILES string of the molecule is N#Cc1ccc(NC(=O)N2CCC[C@H]2C(=O)O)cc1C#N. The van der Waals surface area contributed by atoms with Crippen molar-refractivity contribution >= 4 is 17.7 Å². The molecule has 0 spiro atoms. The first-order valence-electron chi connectivity index (χ1n) is 6.31. The van der Waals surface area contributed by atoms with Gasteiger partial charge in [0.1, 0.15) is 18.2 Å². The fraction of sp³-hybridized carbons (Fsp3) is 0.286. The summed E-state index contributed by atoms with van der Waals surface area (Å²) in [5.74, 6) is -1.03. The first kappa shape index (κ1) is 14.4. The third-order valence-corrected chi connectivity index (χ3v) is 3.31. The Kier molecular flexibility index (Phi) is 4.05. The van der Waals surface area contributed by atoms with E-state index in [4.69, 9.17) is 15.6 Å². The molecule has 2 rings (SSSR count). The minimum atomic E-state index is -1.03. The Bertz CT molecular complexity index is 672. The number of anilines is 1. The summed E-state index contributed by atoms with van der Waals surface area (Å²) in [6, 6.07) is 6.75. The van der Waals surface area contributed by atoms with E-state index < -0.39 is 18.0 Å². The number of rotatable bonds is 2. The summed E-state index contributed by atoms with van der Waals surface area (Å²) in [6.07, 6.45) is 1.07. The van der Waals surface area contributed by atoms with Gasteiger partial charge in [-0.3, -0.25) is 0 Å². The van der Waals surface area contributed by atoms with Crippen LogP contribution in [0.15, 0.2) is 18.2 Å². The third-order valence-electron chi connectivity index (χ3n) is 3.31. The highest BCUT2D eigenvalue weighted by Crippen LogP contribution is 2.20. The van der Waals surface area contributed by atoms with Crippen LogP contribution >= 0.6 is 0 Å². The monoisotopic (exact) mass is 284 g/mol. The van der Waals surface area contributed by atoms with Gasteiger partial charge in [0.2, 0.25) is 0 Å². The van der Waals surface area contributed by atoms with Crippen molar-refractivity contribution < 1.29 is 14.7 Å². The zero-order chi connectivity index (χ0) is 15.4. The number of carbonyl (C=O) groups is 2. The molecule has 2 N–H and O–H groups in total. The van der Waals surface area contributed by atoms with Crippen LogP contribution in [0.3, 0.4) is 0 Å². The maximum absolute atomic E-state index is 12.1. The zero-order valence-electron chi connectivity index (χ0n) is 11.0. The number of carboxylic acids is 1. The lowest BCUT2D eigenvalue weighted by Gasteiger charge is -2.21. The number of nitriles is 2. The number of amides is 2. The molecule has 21 heavy (non-hydrogen) atoms. The van der Waals surface area contributed by atoms with E-state index >= 15 is 0 Å². The Morgan fingerprint density at radius 1 is 1.29 bits per heavy atom. The van der Waals surface area contributed by atoms with Crippen LogP contribution < -0.4 is 5.32 Å². The number of nitrogens with one attached hydrogen (secondary N) is 1. The molecule has 0 aromatic heterocycles. The molecule has 0 unspecified atom stereocenters. The summed E-state index contributed by atoms with van der Waals surface area (Å²) in [4.78, 5) is 24.4. The lowest BCUT2D eigenvalue weighted by Crippen LogP contribution is -2.42. The molecule has 1 aromatic carbocycles.